The van der Waals surface area contributed by atoms with Crippen molar-refractivity contribution in [1.29, 1.82) is 10.5 Å². The molecule has 6 nitrogen and oxygen atoms in total. The number of fused-ring (bicyclic) bond motifs is 12. The monoisotopic (exact) mass is 1590 g/mol. The van der Waals surface area contributed by atoms with Crippen molar-refractivity contribution in [3.8, 4) is 79.4 Å². The number of halogens is 12. The lowest BCUT2D eigenvalue weighted by molar-refractivity contribution is -0.144. The van der Waals surface area contributed by atoms with E-state index >= 15 is 52.7 Å². The molecule has 120 heavy (non-hydrogen) atoms. The third-order valence-corrected chi connectivity index (χ3v) is 23.2. The van der Waals surface area contributed by atoms with E-state index in [1.165, 1.54) is 12.1 Å². The van der Waals surface area contributed by atoms with Crippen molar-refractivity contribution in [1.82, 2.24) is 18.3 Å². The highest BCUT2D eigenvalue weighted by molar-refractivity contribution is 6.15. The molecule has 0 fully saturated rings. The maximum atomic E-state index is 15.1. The van der Waals surface area contributed by atoms with Crippen LogP contribution in [0.3, 0.4) is 0 Å². The fraction of sp³-hybridized carbons (Fsp3) is 0.0588. The largest absolute Gasteiger partial charge is 0.416 e. The molecule has 2 aliphatic rings. The molecule has 0 radical (unpaired) electrons. The Morgan fingerprint density at radius 2 is 0.558 bits per heavy atom. The molecule has 580 valence electrons. The molecule has 18 aromatic rings. The quantitative estimate of drug-likeness (QED) is 0.142. The molecule has 0 saturated heterocycles. The molecule has 0 aliphatic heterocycles. The number of rotatable bonds is 8. The first-order valence-electron chi connectivity index (χ1n) is 38.4. The van der Waals surface area contributed by atoms with Crippen molar-refractivity contribution < 1.29 is 52.7 Å². The first-order chi connectivity index (χ1) is 57.9. The van der Waals surface area contributed by atoms with Gasteiger partial charge in [0.25, 0.3) is 0 Å². The second kappa shape index (κ2) is 27.9. The predicted molar refractivity (Wildman–Crippen MR) is 451 cm³/mol. The van der Waals surface area contributed by atoms with Gasteiger partial charge in [0.15, 0.2) is 0 Å². The summed E-state index contributed by atoms with van der Waals surface area (Å²) in [6, 6.07) is 83.4. The van der Waals surface area contributed by atoms with Gasteiger partial charge in [0, 0.05) is 54.2 Å². The number of aromatic nitrogens is 4. The van der Waals surface area contributed by atoms with Gasteiger partial charge in [-0.15, -0.1) is 0 Å². The summed E-state index contributed by atoms with van der Waals surface area (Å²) in [5.41, 5.74) is 3.37. The molecular formula is C102H58F12N6. The molecule has 0 saturated carbocycles. The summed E-state index contributed by atoms with van der Waals surface area (Å²) in [4.78, 5) is 0. The number of hydrogen-bond acceptors (Lipinski definition) is 2. The molecule has 0 bridgehead atoms. The summed E-state index contributed by atoms with van der Waals surface area (Å²) in [7, 11) is 0. The van der Waals surface area contributed by atoms with Crippen molar-refractivity contribution in [3.63, 3.8) is 0 Å². The van der Waals surface area contributed by atoms with Crippen LogP contribution in [-0.2, 0) is 24.7 Å². The summed E-state index contributed by atoms with van der Waals surface area (Å²) in [6.07, 6.45) is -4.06. The molecule has 14 aromatic carbocycles. The van der Waals surface area contributed by atoms with Crippen LogP contribution < -0.4 is 10.4 Å². The molecule has 0 N–H and O–H groups in total. The van der Waals surface area contributed by atoms with Gasteiger partial charge in [-0.1, -0.05) is 200 Å². The van der Waals surface area contributed by atoms with E-state index in [-0.39, 0.29) is 34.4 Å². The SMILES string of the molecule is N#Cc1cc(-n2c3ccccc3c3cc(=C4C=CC=CC4)c(=c4cc5c6ccccc6n(-c6cc(C#N)c(-c7cc(C(F)(F)F)cc(C(F)(F)F)c7)cc6-n6c7ccccc7c7ccc(-c8ccccc8)cc76)c5cc4=C4C=CC=CC4)cc32)c(-n2c3ccccc3c3cc(-c4ccccc4)ccc32)cc1-c1cc(C(F)(F)F)cc(C(F)(F)F)c1. The van der Waals surface area contributed by atoms with E-state index in [9.17, 15) is 10.5 Å². The van der Waals surface area contributed by atoms with E-state index < -0.39 is 58.1 Å². The molecule has 4 aromatic heterocycles. The molecular weight excluding hydrogens is 1540 g/mol. The smallest absolute Gasteiger partial charge is 0.307 e. The number of nitriles is 2. The average Bonchev–Trinajstić information content (AvgIpc) is 1.54. The molecule has 0 spiro atoms. The zero-order valence-electron chi connectivity index (χ0n) is 62.8. The summed E-state index contributed by atoms with van der Waals surface area (Å²) in [6.45, 7) is 0. The van der Waals surface area contributed by atoms with Crippen LogP contribution in [0.15, 0.2) is 328 Å². The molecule has 0 atom stereocenters. The van der Waals surface area contributed by atoms with Gasteiger partial charge in [-0.25, -0.2) is 0 Å². The number of benzene rings is 14. The van der Waals surface area contributed by atoms with Crippen molar-refractivity contribution in [3.05, 3.63) is 382 Å². The lowest BCUT2D eigenvalue weighted by Gasteiger charge is -2.21. The molecule has 18 heteroatoms. The zero-order valence-corrected chi connectivity index (χ0v) is 62.8. The molecule has 4 heterocycles. The lowest BCUT2D eigenvalue weighted by atomic mass is 9.94. The minimum atomic E-state index is -5.24. The highest BCUT2D eigenvalue weighted by Crippen LogP contribution is 2.49. The van der Waals surface area contributed by atoms with E-state index in [2.05, 4.69) is 48.6 Å². The van der Waals surface area contributed by atoms with Crippen molar-refractivity contribution in [2.24, 2.45) is 0 Å². The Morgan fingerprint density at radius 3 is 0.967 bits per heavy atom. The van der Waals surface area contributed by atoms with Crippen LogP contribution in [0, 0.1) is 33.1 Å². The number of hydrogen-bond donors (Lipinski definition) is 0. The van der Waals surface area contributed by atoms with Gasteiger partial charge in [0.05, 0.1) is 112 Å². The summed E-state index contributed by atoms with van der Waals surface area (Å²) in [5, 5.41) is 32.1. The predicted octanol–water partition coefficient (Wildman–Crippen LogP) is 27.2. The van der Waals surface area contributed by atoms with Gasteiger partial charge < -0.3 is 18.3 Å². The Balaban J connectivity index is 0.934. The van der Waals surface area contributed by atoms with Gasteiger partial charge in [-0.3, -0.25) is 0 Å². The van der Waals surface area contributed by atoms with E-state index in [1.54, 1.807) is 12.1 Å². The Morgan fingerprint density at radius 1 is 0.242 bits per heavy atom. The van der Waals surface area contributed by atoms with Crippen molar-refractivity contribution >= 4 is 98.4 Å². The van der Waals surface area contributed by atoms with Gasteiger partial charge in [0.1, 0.15) is 0 Å². The maximum absolute atomic E-state index is 15.1. The highest BCUT2D eigenvalue weighted by Gasteiger charge is 2.40. The summed E-state index contributed by atoms with van der Waals surface area (Å²) < 4.78 is 189. The van der Waals surface area contributed by atoms with E-state index in [4.69, 9.17) is 0 Å². The van der Waals surface area contributed by atoms with E-state index in [1.807, 2.05) is 249 Å². The van der Waals surface area contributed by atoms with Crippen LogP contribution in [0.2, 0.25) is 0 Å². The van der Waals surface area contributed by atoms with Gasteiger partial charge >= 0.3 is 24.7 Å². The fourth-order valence-corrected chi connectivity index (χ4v) is 17.8. The van der Waals surface area contributed by atoms with Crippen molar-refractivity contribution in [2.75, 3.05) is 0 Å². The topological polar surface area (TPSA) is 67.3 Å². The molecule has 0 amide bonds. The highest BCUT2D eigenvalue weighted by atomic mass is 19.4. The van der Waals surface area contributed by atoms with Crippen molar-refractivity contribution in [2.45, 2.75) is 37.5 Å². The van der Waals surface area contributed by atoms with Gasteiger partial charge in [0.2, 0.25) is 0 Å². The second-order valence-electron chi connectivity index (χ2n) is 30.1. The molecule has 2 aliphatic carbocycles. The number of nitrogens with zero attached hydrogens (tertiary/aromatic N) is 6. The fourth-order valence-electron chi connectivity index (χ4n) is 17.8. The molecule has 20 rings (SSSR count). The van der Waals surface area contributed by atoms with Crippen LogP contribution in [0.1, 0.15) is 46.2 Å². The minimum Gasteiger partial charge on any atom is -0.307 e. The molecule has 0 unspecified atom stereocenters. The second-order valence-corrected chi connectivity index (χ2v) is 30.1. The van der Waals surface area contributed by atoms with Crippen LogP contribution in [0.5, 0.6) is 0 Å². The van der Waals surface area contributed by atoms with Crippen LogP contribution >= 0.6 is 0 Å². The standard InChI is InChI=1S/C102H58F12N6/c103-99(104,105)69-41-65(42-70(49-69)100(106,107)108)78-53-97(117-88-34-18-14-30-74(88)84-45-63(38-40-91(84)117)59-21-5-1-6-22-59)95(47-67(78)57-115)120-89-35-19-15-31-75(89)85-51-80(61-25-9-3-10-26-61)83(56-94(85)120)82-52-86-76-32-16-20-36-90(76)119(93(86)55-81(82)62-27-11-4-12-28-62)96-48-68(58-116)79(66-43-71(101(109,110)111)50-72(44-66)102(112,113)114)54-98(96)118-87-33-17-13-29-73(87)77-39-37-64(46-92(77)118)60-23-7-2-8-24-60/h1-25,27,29-56H,26,28H2. The van der Waals surface area contributed by atoms with Crippen LogP contribution in [0.4, 0.5) is 52.7 Å². The summed E-state index contributed by atoms with van der Waals surface area (Å²) >= 11 is 0. The first kappa shape index (κ1) is 74.0. The Hall–Kier alpha value is -14.9. The number of alkyl halides is 12. The Labute approximate surface area is 675 Å². The van der Waals surface area contributed by atoms with Crippen LogP contribution in [0.25, 0.3) is 166 Å². The normalized spacial score (nSPS) is 14.6. The van der Waals surface area contributed by atoms with Gasteiger partial charge in [-0.05, 0) is 206 Å². The third kappa shape index (κ3) is 12.3. The first-order valence-corrected chi connectivity index (χ1v) is 38.4. The number of allylic oxidation sites excluding steroid dienone is 8. The van der Waals surface area contributed by atoms with E-state index in [0.717, 1.165) is 81.4 Å². The van der Waals surface area contributed by atoms with E-state index in [0.29, 0.717) is 120 Å². The minimum absolute atomic E-state index is 0.0669. The Kier molecular flexibility index (Phi) is 17.2. The summed E-state index contributed by atoms with van der Waals surface area (Å²) in [5.74, 6) is 0. The number of para-hydroxylation sites is 4. The Bertz CT molecular complexity index is 7860. The average molecular weight is 1600 g/mol. The van der Waals surface area contributed by atoms with Crippen LogP contribution in [-0.4, -0.2) is 18.3 Å². The zero-order chi connectivity index (χ0) is 82.4. The lowest BCUT2D eigenvalue weighted by Crippen LogP contribution is -2.16. The maximum Gasteiger partial charge on any atom is 0.416 e. The third-order valence-electron chi connectivity index (χ3n) is 23.2. The van der Waals surface area contributed by atoms with Gasteiger partial charge in [-0.2, -0.15) is 63.2 Å².